The Balaban J connectivity index is 1.10. The Morgan fingerprint density at radius 2 is 1.26 bits per heavy atom. The molecule has 0 fully saturated rings. The van der Waals surface area contributed by atoms with Crippen LogP contribution < -0.4 is 4.74 Å². The minimum Gasteiger partial charge on any atom is -0.456 e. The fourth-order valence-electron chi connectivity index (χ4n) is 7.76. The summed E-state index contributed by atoms with van der Waals surface area (Å²) < 4.78 is 6.41. The summed E-state index contributed by atoms with van der Waals surface area (Å²) in [7, 11) is 0. The van der Waals surface area contributed by atoms with Gasteiger partial charge in [0.2, 0.25) is 0 Å². The Morgan fingerprint density at radius 3 is 1.91 bits per heavy atom. The third-order valence-corrected chi connectivity index (χ3v) is 9.78. The maximum absolute atomic E-state index is 6.41. The van der Waals surface area contributed by atoms with E-state index in [0.29, 0.717) is 11.8 Å². The summed E-state index contributed by atoms with van der Waals surface area (Å²) in [6, 6.07) is 31.0. The molecule has 9 rings (SSSR count). The summed E-state index contributed by atoms with van der Waals surface area (Å²) in [5.74, 6) is 2.89. The molecule has 1 heteroatoms. The molecule has 0 aromatic heterocycles. The molecule has 0 spiro atoms. The number of fused-ring (bicyclic) bond motifs is 4. The monoisotopic (exact) mass is 552 g/mol. The quantitative estimate of drug-likeness (QED) is 0.202. The van der Waals surface area contributed by atoms with Crippen LogP contribution in [0, 0.1) is 11.8 Å². The molecule has 1 aliphatic heterocycles. The van der Waals surface area contributed by atoms with Crippen molar-refractivity contribution in [2.75, 3.05) is 0 Å². The summed E-state index contributed by atoms with van der Waals surface area (Å²) in [5.41, 5.74) is 7.96. The van der Waals surface area contributed by atoms with E-state index in [9.17, 15) is 0 Å². The highest BCUT2D eigenvalue weighted by Gasteiger charge is 2.29. The van der Waals surface area contributed by atoms with Gasteiger partial charge in [-0.25, -0.2) is 0 Å². The number of rotatable bonds is 3. The average molecular weight is 553 g/mol. The van der Waals surface area contributed by atoms with Gasteiger partial charge < -0.3 is 4.74 Å². The zero-order chi connectivity index (χ0) is 28.3. The molecule has 5 aromatic rings. The Bertz CT molecular complexity index is 2100. The molecular formula is C42H32O. The summed E-state index contributed by atoms with van der Waals surface area (Å²) in [6.07, 6.45) is 23.5. The number of benzene rings is 5. The number of hydrogen-bond acceptors (Lipinski definition) is 1. The van der Waals surface area contributed by atoms with Gasteiger partial charge in [-0.1, -0.05) is 121 Å². The second-order valence-electron chi connectivity index (χ2n) is 12.2. The van der Waals surface area contributed by atoms with Gasteiger partial charge in [0.1, 0.15) is 11.5 Å². The van der Waals surface area contributed by atoms with E-state index in [2.05, 4.69) is 134 Å². The highest BCUT2D eigenvalue weighted by atomic mass is 16.5. The lowest BCUT2D eigenvalue weighted by Crippen LogP contribution is -2.18. The largest absolute Gasteiger partial charge is 0.456 e. The van der Waals surface area contributed by atoms with Crippen LogP contribution in [0.25, 0.3) is 49.0 Å². The molecule has 1 nitrogen and oxygen atoms in total. The molecule has 2 atom stereocenters. The number of hydrogen-bond donors (Lipinski definition) is 0. The molecule has 5 aromatic carbocycles. The molecule has 206 valence electrons. The molecule has 43 heavy (non-hydrogen) atoms. The molecule has 0 bridgehead atoms. The van der Waals surface area contributed by atoms with Gasteiger partial charge in [-0.3, -0.25) is 0 Å². The van der Waals surface area contributed by atoms with Gasteiger partial charge in [0.25, 0.3) is 0 Å². The van der Waals surface area contributed by atoms with Crippen molar-refractivity contribution < 1.29 is 4.74 Å². The van der Waals surface area contributed by atoms with Crippen LogP contribution in [0.1, 0.15) is 42.4 Å². The molecule has 2 unspecified atom stereocenters. The van der Waals surface area contributed by atoms with Crippen LogP contribution >= 0.6 is 0 Å². The summed E-state index contributed by atoms with van der Waals surface area (Å²) in [6.45, 7) is 0. The fourth-order valence-corrected chi connectivity index (χ4v) is 7.76. The minimum absolute atomic E-state index is 0.442. The van der Waals surface area contributed by atoms with Crippen molar-refractivity contribution >= 4 is 49.0 Å². The van der Waals surface area contributed by atoms with Crippen molar-refractivity contribution in [3.05, 3.63) is 156 Å². The van der Waals surface area contributed by atoms with Gasteiger partial charge in [0, 0.05) is 11.0 Å². The molecule has 1 heterocycles. The van der Waals surface area contributed by atoms with Gasteiger partial charge in [0.15, 0.2) is 0 Å². The van der Waals surface area contributed by atoms with Crippen LogP contribution in [-0.2, 0) is 0 Å². The van der Waals surface area contributed by atoms with Crippen LogP contribution in [0.15, 0.2) is 139 Å². The molecule has 0 amide bonds. The standard InChI is InChI=1S/C42H32O/c1-2-10-28(11-3-1)40-32-14-4-6-16-34(32)41(35-17-7-5-15-33(35)40)30-22-20-27(21-23-30)31-24-25-38-37(26-31)36-18-8-12-29-13-9-19-39(43-38)42(29)36/h2,4-20,22-23,25-27,31H,1,3,21,24H2. The predicted octanol–water partition coefficient (Wildman–Crippen LogP) is 11.2. The summed E-state index contributed by atoms with van der Waals surface area (Å²) in [5, 5.41) is 7.83. The SMILES string of the molecule is C1=CC(c2c3ccccc3c(C3=CCC(C4C=C5C(=CC4)Oc4cccc6cccc5c46)C=C3)c3ccccc23)=CCC1. The van der Waals surface area contributed by atoms with Gasteiger partial charge >= 0.3 is 0 Å². The highest BCUT2D eigenvalue weighted by Crippen LogP contribution is 2.47. The second-order valence-corrected chi connectivity index (χ2v) is 12.2. The minimum atomic E-state index is 0.442. The van der Waals surface area contributed by atoms with Gasteiger partial charge in [0.05, 0.1) is 0 Å². The van der Waals surface area contributed by atoms with Gasteiger partial charge in [-0.15, -0.1) is 0 Å². The first-order valence-electron chi connectivity index (χ1n) is 15.6. The lowest BCUT2D eigenvalue weighted by Gasteiger charge is -2.31. The van der Waals surface area contributed by atoms with Crippen LogP contribution in [0.5, 0.6) is 5.75 Å². The molecule has 0 saturated heterocycles. The van der Waals surface area contributed by atoms with Crippen molar-refractivity contribution in [3.8, 4) is 5.75 Å². The highest BCUT2D eigenvalue weighted by molar-refractivity contribution is 6.17. The zero-order valence-electron chi connectivity index (χ0n) is 24.1. The van der Waals surface area contributed by atoms with E-state index in [1.54, 1.807) is 0 Å². The maximum atomic E-state index is 6.41. The third kappa shape index (κ3) is 3.92. The van der Waals surface area contributed by atoms with E-state index < -0.39 is 0 Å². The Labute approximate surface area is 252 Å². The molecule has 0 radical (unpaired) electrons. The topological polar surface area (TPSA) is 9.23 Å². The van der Waals surface area contributed by atoms with E-state index in [0.717, 1.165) is 37.2 Å². The van der Waals surface area contributed by atoms with E-state index in [-0.39, 0.29) is 0 Å². The van der Waals surface area contributed by atoms with Crippen LogP contribution in [0.4, 0.5) is 0 Å². The normalized spacial score (nSPS) is 20.7. The Kier molecular flexibility index (Phi) is 5.66. The summed E-state index contributed by atoms with van der Waals surface area (Å²) >= 11 is 0. The second kappa shape index (κ2) is 9.85. The molecular weight excluding hydrogens is 520 g/mol. The molecule has 0 N–H and O–H groups in total. The maximum Gasteiger partial charge on any atom is 0.135 e. The fraction of sp³-hybridized carbons (Fsp3) is 0.143. The van der Waals surface area contributed by atoms with Crippen molar-refractivity contribution in [2.24, 2.45) is 11.8 Å². The first kappa shape index (κ1) is 24.7. The van der Waals surface area contributed by atoms with Crippen molar-refractivity contribution in [2.45, 2.75) is 25.7 Å². The lowest BCUT2D eigenvalue weighted by molar-refractivity contribution is 0.422. The van der Waals surface area contributed by atoms with E-state index in [1.165, 1.54) is 65.7 Å². The molecule has 0 saturated carbocycles. The van der Waals surface area contributed by atoms with Crippen LogP contribution in [-0.4, -0.2) is 0 Å². The molecule has 4 aliphatic rings. The average Bonchev–Trinajstić information content (AvgIpc) is 3.08. The van der Waals surface area contributed by atoms with Crippen molar-refractivity contribution in [1.29, 1.82) is 0 Å². The van der Waals surface area contributed by atoms with Gasteiger partial charge in [-0.05, 0) is 104 Å². The smallest absolute Gasteiger partial charge is 0.135 e. The first-order valence-corrected chi connectivity index (χ1v) is 15.6. The lowest BCUT2D eigenvalue weighted by atomic mass is 9.77. The number of ether oxygens (including phenoxy) is 1. The molecule has 3 aliphatic carbocycles. The first-order chi connectivity index (χ1) is 21.3. The van der Waals surface area contributed by atoms with Gasteiger partial charge in [-0.2, -0.15) is 0 Å². The zero-order valence-corrected chi connectivity index (χ0v) is 24.1. The van der Waals surface area contributed by atoms with Crippen molar-refractivity contribution in [3.63, 3.8) is 0 Å². The Morgan fingerprint density at radius 1 is 0.581 bits per heavy atom. The number of allylic oxidation sites excluding steroid dienone is 11. The summed E-state index contributed by atoms with van der Waals surface area (Å²) in [4.78, 5) is 0. The third-order valence-electron chi connectivity index (χ3n) is 9.78. The van der Waals surface area contributed by atoms with Crippen LogP contribution in [0.2, 0.25) is 0 Å². The Hall–Kier alpha value is -4.88. The van der Waals surface area contributed by atoms with E-state index in [1.807, 2.05) is 0 Å². The van der Waals surface area contributed by atoms with E-state index >= 15 is 0 Å². The van der Waals surface area contributed by atoms with E-state index in [4.69, 9.17) is 4.74 Å². The van der Waals surface area contributed by atoms with Crippen LogP contribution in [0.3, 0.4) is 0 Å². The predicted molar refractivity (Wildman–Crippen MR) is 182 cm³/mol. The van der Waals surface area contributed by atoms with Crippen molar-refractivity contribution in [1.82, 2.24) is 0 Å².